The summed E-state index contributed by atoms with van der Waals surface area (Å²) in [7, 11) is -1.26. The molecule has 5 nitrogen and oxygen atoms in total. The topological polar surface area (TPSA) is 54.7 Å². The van der Waals surface area contributed by atoms with Crippen molar-refractivity contribution in [2.75, 3.05) is 18.8 Å². The number of benzene rings is 1. The standard InChI is InChI=1S/C16H19N3O2S/c1-18-8-6-13-11-12(4-5-15(13)18)14-3-2-7-19-9-10-22(20,21)17-16(14)19/h4-6,8,11,14H,2-3,7,9-10H2,1H3. The van der Waals surface area contributed by atoms with E-state index in [4.69, 9.17) is 0 Å². The summed E-state index contributed by atoms with van der Waals surface area (Å²) in [5.41, 5.74) is 2.36. The molecule has 0 N–H and O–H groups in total. The van der Waals surface area contributed by atoms with Crippen LogP contribution in [-0.2, 0) is 17.1 Å². The van der Waals surface area contributed by atoms with E-state index in [2.05, 4.69) is 38.1 Å². The number of hydrogen-bond donors (Lipinski definition) is 0. The lowest BCUT2D eigenvalue weighted by molar-refractivity contribution is 0.366. The third-order valence-corrected chi connectivity index (χ3v) is 5.88. The maximum Gasteiger partial charge on any atom is 0.256 e. The number of amidine groups is 1. The number of nitrogens with zero attached hydrogens (tertiary/aromatic N) is 3. The molecule has 0 saturated carbocycles. The molecule has 1 unspecified atom stereocenters. The fourth-order valence-corrected chi connectivity index (χ4v) is 4.61. The fourth-order valence-electron chi connectivity index (χ4n) is 3.54. The molecule has 0 aliphatic carbocycles. The van der Waals surface area contributed by atoms with Crippen LogP contribution in [0.25, 0.3) is 10.9 Å². The molecule has 0 amide bonds. The van der Waals surface area contributed by atoms with Crippen molar-refractivity contribution in [2.24, 2.45) is 11.4 Å². The zero-order valence-electron chi connectivity index (χ0n) is 12.6. The van der Waals surface area contributed by atoms with E-state index >= 15 is 0 Å². The number of piperidine rings is 1. The Kier molecular flexibility index (Phi) is 3.04. The third-order valence-electron chi connectivity index (χ3n) is 4.72. The maximum atomic E-state index is 11.9. The van der Waals surface area contributed by atoms with Crippen LogP contribution in [0.15, 0.2) is 34.9 Å². The van der Waals surface area contributed by atoms with Gasteiger partial charge in [0.25, 0.3) is 10.0 Å². The predicted molar refractivity (Wildman–Crippen MR) is 87.7 cm³/mol. The summed E-state index contributed by atoms with van der Waals surface area (Å²) in [4.78, 5) is 2.14. The molecular weight excluding hydrogens is 298 g/mol. The average Bonchev–Trinajstić information content (AvgIpc) is 2.87. The molecule has 1 saturated heterocycles. The molecule has 1 atom stereocenters. The zero-order valence-corrected chi connectivity index (χ0v) is 13.4. The molecule has 116 valence electrons. The van der Waals surface area contributed by atoms with Crippen LogP contribution in [0.5, 0.6) is 0 Å². The first kappa shape index (κ1) is 13.8. The Balaban J connectivity index is 1.80. The molecular formula is C16H19N3O2S. The molecule has 2 aromatic rings. The van der Waals surface area contributed by atoms with Crippen LogP contribution in [0, 0.1) is 0 Å². The summed E-state index contributed by atoms with van der Waals surface area (Å²) < 4.78 is 29.9. The van der Waals surface area contributed by atoms with E-state index in [0.717, 1.165) is 25.2 Å². The highest BCUT2D eigenvalue weighted by Crippen LogP contribution is 2.33. The quantitative estimate of drug-likeness (QED) is 0.809. The van der Waals surface area contributed by atoms with Crippen LogP contribution < -0.4 is 0 Å². The maximum absolute atomic E-state index is 11.9. The van der Waals surface area contributed by atoms with Gasteiger partial charge in [-0.25, -0.2) is 8.42 Å². The first-order valence-corrected chi connectivity index (χ1v) is 9.27. The van der Waals surface area contributed by atoms with E-state index in [0.29, 0.717) is 6.54 Å². The highest BCUT2D eigenvalue weighted by Gasteiger charge is 2.33. The first-order chi connectivity index (χ1) is 10.5. The Labute approximate surface area is 130 Å². The minimum absolute atomic E-state index is 0.0911. The molecule has 0 spiro atoms. The Morgan fingerprint density at radius 2 is 2.09 bits per heavy atom. The van der Waals surface area contributed by atoms with Crippen LogP contribution in [0.1, 0.15) is 24.3 Å². The van der Waals surface area contributed by atoms with Gasteiger partial charge in [0.05, 0.1) is 5.75 Å². The summed E-state index contributed by atoms with van der Waals surface area (Å²) in [6.07, 6.45) is 4.09. The van der Waals surface area contributed by atoms with Crippen molar-refractivity contribution in [2.45, 2.75) is 18.8 Å². The number of sulfonamides is 1. The molecule has 1 aromatic carbocycles. The van der Waals surface area contributed by atoms with Crippen LogP contribution in [0.2, 0.25) is 0 Å². The van der Waals surface area contributed by atoms with Gasteiger partial charge in [0.15, 0.2) is 0 Å². The number of rotatable bonds is 1. The highest BCUT2D eigenvalue weighted by molar-refractivity contribution is 7.90. The first-order valence-electron chi connectivity index (χ1n) is 7.66. The van der Waals surface area contributed by atoms with Crippen molar-refractivity contribution in [1.82, 2.24) is 9.47 Å². The summed E-state index contributed by atoms with van der Waals surface area (Å²) in [5.74, 6) is 0.974. The van der Waals surface area contributed by atoms with Gasteiger partial charge in [0.2, 0.25) is 0 Å². The van der Waals surface area contributed by atoms with Crippen molar-refractivity contribution in [3.05, 3.63) is 36.0 Å². The van der Waals surface area contributed by atoms with Crippen molar-refractivity contribution in [1.29, 1.82) is 0 Å². The Hall–Kier alpha value is -1.82. The van der Waals surface area contributed by atoms with Gasteiger partial charge in [-0.3, -0.25) is 0 Å². The van der Waals surface area contributed by atoms with Crippen LogP contribution in [0.4, 0.5) is 0 Å². The summed E-state index contributed by atoms with van der Waals surface area (Å²) in [6, 6.07) is 8.49. The minimum Gasteiger partial charge on any atom is -0.358 e. The average molecular weight is 317 g/mol. The van der Waals surface area contributed by atoms with E-state index in [1.807, 2.05) is 13.2 Å². The molecule has 2 aliphatic heterocycles. The van der Waals surface area contributed by atoms with Crippen molar-refractivity contribution < 1.29 is 8.42 Å². The predicted octanol–water partition coefficient (Wildman–Crippen LogP) is 2.10. The van der Waals surface area contributed by atoms with Gasteiger partial charge in [-0.15, -0.1) is 4.40 Å². The third kappa shape index (κ3) is 2.22. The fraction of sp³-hybridized carbons (Fsp3) is 0.438. The van der Waals surface area contributed by atoms with E-state index in [-0.39, 0.29) is 11.7 Å². The van der Waals surface area contributed by atoms with E-state index in [1.165, 1.54) is 16.5 Å². The normalized spacial score (nSPS) is 24.1. The van der Waals surface area contributed by atoms with Crippen molar-refractivity contribution >= 4 is 26.8 Å². The van der Waals surface area contributed by atoms with Gasteiger partial charge >= 0.3 is 0 Å². The summed E-state index contributed by atoms with van der Waals surface area (Å²) >= 11 is 0. The number of hydrogen-bond acceptors (Lipinski definition) is 3. The molecule has 6 heteroatoms. The second-order valence-electron chi connectivity index (χ2n) is 6.16. The Bertz CT molecular complexity index is 867. The van der Waals surface area contributed by atoms with Gasteiger partial charge in [0, 0.05) is 37.8 Å². The molecule has 22 heavy (non-hydrogen) atoms. The molecule has 2 aliphatic rings. The van der Waals surface area contributed by atoms with Crippen LogP contribution in [0.3, 0.4) is 0 Å². The Morgan fingerprint density at radius 1 is 1.23 bits per heavy atom. The lowest BCUT2D eigenvalue weighted by Crippen LogP contribution is -2.46. The second kappa shape index (κ2) is 4.84. The summed E-state index contributed by atoms with van der Waals surface area (Å²) in [6.45, 7) is 1.49. The van der Waals surface area contributed by atoms with E-state index < -0.39 is 10.0 Å². The molecule has 4 rings (SSSR count). The Morgan fingerprint density at radius 3 is 2.95 bits per heavy atom. The molecule has 3 heterocycles. The van der Waals surface area contributed by atoms with E-state index in [9.17, 15) is 8.42 Å². The van der Waals surface area contributed by atoms with E-state index in [1.54, 1.807) is 0 Å². The highest BCUT2D eigenvalue weighted by atomic mass is 32.2. The smallest absolute Gasteiger partial charge is 0.256 e. The zero-order chi connectivity index (χ0) is 15.3. The SMILES string of the molecule is Cn1ccc2cc(C3CCCN4CCS(=O)(=O)N=C34)ccc21. The van der Waals surface area contributed by atoms with Crippen LogP contribution >= 0.6 is 0 Å². The molecule has 0 bridgehead atoms. The number of aromatic nitrogens is 1. The monoisotopic (exact) mass is 317 g/mol. The molecule has 1 fully saturated rings. The minimum atomic E-state index is -3.29. The van der Waals surface area contributed by atoms with Crippen molar-refractivity contribution in [3.63, 3.8) is 0 Å². The molecule has 1 aromatic heterocycles. The van der Waals surface area contributed by atoms with Gasteiger partial charge in [-0.2, -0.15) is 0 Å². The molecule has 0 radical (unpaired) electrons. The van der Waals surface area contributed by atoms with Gasteiger partial charge in [-0.1, -0.05) is 6.07 Å². The summed E-state index contributed by atoms with van der Waals surface area (Å²) in [5, 5.41) is 1.19. The largest absolute Gasteiger partial charge is 0.358 e. The van der Waals surface area contributed by atoms with Gasteiger partial charge in [0.1, 0.15) is 5.84 Å². The van der Waals surface area contributed by atoms with Crippen molar-refractivity contribution in [3.8, 4) is 0 Å². The van der Waals surface area contributed by atoms with Gasteiger partial charge in [-0.05, 0) is 42.0 Å². The number of aryl methyl sites for hydroxylation is 1. The lowest BCUT2D eigenvalue weighted by atomic mass is 9.88. The van der Waals surface area contributed by atoms with Gasteiger partial charge < -0.3 is 9.47 Å². The number of fused-ring (bicyclic) bond motifs is 2. The second-order valence-corrected chi connectivity index (χ2v) is 7.92. The lowest BCUT2D eigenvalue weighted by Gasteiger charge is -2.37. The van der Waals surface area contributed by atoms with Crippen LogP contribution in [-0.4, -0.2) is 42.6 Å².